The number of hydrogen-bond acceptors (Lipinski definition) is 5. The van der Waals surface area contributed by atoms with E-state index in [-0.39, 0.29) is 10.8 Å². The van der Waals surface area contributed by atoms with Crippen molar-refractivity contribution in [2.45, 2.75) is 51.8 Å². The number of halogens is 3. The Kier molecular flexibility index (Phi) is 7.12. The number of piperidine rings is 1. The fourth-order valence-electron chi connectivity index (χ4n) is 4.23. The zero-order valence-electron chi connectivity index (χ0n) is 18.9. The van der Waals surface area contributed by atoms with E-state index in [0.29, 0.717) is 28.4 Å². The highest BCUT2D eigenvalue weighted by molar-refractivity contribution is 6.36. The SMILES string of the molecule is CC(Oc1cc(-c2cnn(C3CCN(C(C)C)CC3)c2)cnc1N)c1c(Cl)ccc(F)c1Cl. The van der Waals surface area contributed by atoms with Crippen LogP contribution in [0.25, 0.3) is 11.1 Å². The van der Waals surface area contributed by atoms with Crippen LogP contribution >= 0.6 is 23.2 Å². The lowest BCUT2D eigenvalue weighted by atomic mass is 10.0. The van der Waals surface area contributed by atoms with Crippen LogP contribution < -0.4 is 10.5 Å². The Balaban J connectivity index is 1.52. The van der Waals surface area contributed by atoms with Crippen LogP contribution in [0.5, 0.6) is 5.75 Å². The molecule has 1 atom stereocenters. The topological polar surface area (TPSA) is 69.2 Å². The number of hydrogen-bond donors (Lipinski definition) is 1. The van der Waals surface area contributed by atoms with Gasteiger partial charge in [0.15, 0.2) is 11.6 Å². The summed E-state index contributed by atoms with van der Waals surface area (Å²) in [7, 11) is 0. The maximum Gasteiger partial charge on any atom is 0.166 e. The third-order valence-electron chi connectivity index (χ3n) is 6.21. The molecule has 1 fully saturated rings. The third kappa shape index (κ3) is 5.10. The Hall–Kier alpha value is -2.35. The molecule has 0 radical (unpaired) electrons. The van der Waals surface area contributed by atoms with E-state index in [1.807, 2.05) is 23.1 Å². The summed E-state index contributed by atoms with van der Waals surface area (Å²) in [5, 5.41) is 4.85. The Morgan fingerprint density at radius 2 is 1.85 bits per heavy atom. The van der Waals surface area contributed by atoms with E-state index in [1.165, 1.54) is 12.1 Å². The number of anilines is 1. The minimum atomic E-state index is -0.631. The second kappa shape index (κ2) is 9.87. The largest absolute Gasteiger partial charge is 0.482 e. The molecule has 0 amide bonds. The van der Waals surface area contributed by atoms with Gasteiger partial charge < -0.3 is 15.4 Å². The maximum absolute atomic E-state index is 13.9. The number of nitrogens with two attached hydrogens (primary N) is 1. The van der Waals surface area contributed by atoms with E-state index in [9.17, 15) is 4.39 Å². The molecular weight excluding hydrogens is 464 g/mol. The molecule has 1 saturated heterocycles. The van der Waals surface area contributed by atoms with Crippen molar-refractivity contribution in [2.24, 2.45) is 0 Å². The van der Waals surface area contributed by atoms with Gasteiger partial charge in [-0.25, -0.2) is 9.37 Å². The first kappa shape index (κ1) is 23.8. The summed E-state index contributed by atoms with van der Waals surface area (Å²) < 4.78 is 22.0. The van der Waals surface area contributed by atoms with Gasteiger partial charge in [-0.05, 0) is 51.8 Å². The van der Waals surface area contributed by atoms with Crippen LogP contribution in [0.3, 0.4) is 0 Å². The number of rotatable bonds is 6. The zero-order valence-corrected chi connectivity index (χ0v) is 20.4. The average molecular weight is 492 g/mol. The summed E-state index contributed by atoms with van der Waals surface area (Å²) in [5.74, 6) is 0.0371. The van der Waals surface area contributed by atoms with Crippen molar-refractivity contribution < 1.29 is 9.13 Å². The smallest absolute Gasteiger partial charge is 0.166 e. The molecule has 6 nitrogen and oxygen atoms in total. The molecule has 0 aliphatic carbocycles. The summed E-state index contributed by atoms with van der Waals surface area (Å²) in [5.41, 5.74) is 8.17. The minimum absolute atomic E-state index is 0.0672. The number of likely N-dealkylation sites (tertiary alicyclic amines) is 1. The highest BCUT2D eigenvalue weighted by Gasteiger charge is 2.23. The fourth-order valence-corrected chi connectivity index (χ4v) is 4.90. The molecule has 2 N–H and O–H groups in total. The summed E-state index contributed by atoms with van der Waals surface area (Å²) in [6.45, 7) is 8.35. The normalized spacial score (nSPS) is 16.3. The molecular formula is C24H28Cl2FN5O. The van der Waals surface area contributed by atoms with E-state index >= 15 is 0 Å². The summed E-state index contributed by atoms with van der Waals surface area (Å²) in [6.07, 6.45) is 7.07. The molecule has 0 spiro atoms. The molecule has 1 aliphatic heterocycles. The molecule has 176 valence electrons. The molecule has 1 aliphatic rings. The van der Waals surface area contributed by atoms with E-state index in [1.54, 1.807) is 13.1 Å². The van der Waals surface area contributed by atoms with Crippen molar-refractivity contribution in [3.63, 3.8) is 0 Å². The lowest BCUT2D eigenvalue weighted by Gasteiger charge is -2.34. The molecule has 4 rings (SSSR count). The minimum Gasteiger partial charge on any atom is -0.482 e. The van der Waals surface area contributed by atoms with Gasteiger partial charge in [-0.1, -0.05) is 23.2 Å². The molecule has 1 unspecified atom stereocenters. The molecule has 3 heterocycles. The highest BCUT2D eigenvalue weighted by atomic mass is 35.5. The van der Waals surface area contributed by atoms with Crippen LogP contribution in [0.2, 0.25) is 10.0 Å². The van der Waals surface area contributed by atoms with Crippen molar-refractivity contribution in [3.8, 4) is 16.9 Å². The van der Waals surface area contributed by atoms with Crippen LogP contribution in [0, 0.1) is 5.82 Å². The molecule has 9 heteroatoms. The lowest BCUT2D eigenvalue weighted by Crippen LogP contribution is -2.39. The number of pyridine rings is 1. The molecule has 0 saturated carbocycles. The van der Waals surface area contributed by atoms with Crippen molar-refractivity contribution in [1.29, 1.82) is 0 Å². The van der Waals surface area contributed by atoms with Crippen LogP contribution in [0.1, 0.15) is 51.3 Å². The van der Waals surface area contributed by atoms with Gasteiger partial charge in [0.1, 0.15) is 11.9 Å². The van der Waals surface area contributed by atoms with E-state index in [0.717, 1.165) is 37.1 Å². The van der Waals surface area contributed by atoms with Crippen LogP contribution in [-0.2, 0) is 0 Å². The Bertz CT molecular complexity index is 1130. The van der Waals surface area contributed by atoms with E-state index in [4.69, 9.17) is 33.7 Å². The number of nitrogens with zero attached hydrogens (tertiary/aromatic N) is 4. The Morgan fingerprint density at radius 3 is 2.55 bits per heavy atom. The van der Waals surface area contributed by atoms with Crippen molar-refractivity contribution >= 4 is 29.0 Å². The predicted molar refractivity (Wildman–Crippen MR) is 130 cm³/mol. The quantitative estimate of drug-likeness (QED) is 0.418. The van der Waals surface area contributed by atoms with Gasteiger partial charge in [0, 0.05) is 53.2 Å². The highest BCUT2D eigenvalue weighted by Crippen LogP contribution is 2.37. The lowest BCUT2D eigenvalue weighted by molar-refractivity contribution is 0.147. The second-order valence-electron chi connectivity index (χ2n) is 8.69. The molecule has 33 heavy (non-hydrogen) atoms. The van der Waals surface area contributed by atoms with Gasteiger partial charge in [-0.2, -0.15) is 5.10 Å². The first-order valence-corrected chi connectivity index (χ1v) is 11.8. The van der Waals surface area contributed by atoms with Gasteiger partial charge in [0.2, 0.25) is 0 Å². The second-order valence-corrected chi connectivity index (χ2v) is 9.48. The summed E-state index contributed by atoms with van der Waals surface area (Å²) in [6, 6.07) is 5.43. The summed E-state index contributed by atoms with van der Waals surface area (Å²) in [4.78, 5) is 6.78. The van der Waals surface area contributed by atoms with Crippen molar-refractivity contribution in [2.75, 3.05) is 18.8 Å². The van der Waals surface area contributed by atoms with Gasteiger partial charge in [-0.3, -0.25) is 4.68 Å². The predicted octanol–water partition coefficient (Wildman–Crippen LogP) is 6.16. The Morgan fingerprint density at radius 1 is 1.12 bits per heavy atom. The van der Waals surface area contributed by atoms with Gasteiger partial charge >= 0.3 is 0 Å². The first-order valence-electron chi connectivity index (χ1n) is 11.1. The zero-order chi connectivity index (χ0) is 23.7. The van der Waals surface area contributed by atoms with E-state index in [2.05, 4.69) is 28.8 Å². The number of aromatic nitrogens is 3. The van der Waals surface area contributed by atoms with E-state index < -0.39 is 11.9 Å². The van der Waals surface area contributed by atoms with Crippen LogP contribution in [0.4, 0.5) is 10.2 Å². The molecule has 0 bridgehead atoms. The number of nitrogen functional groups attached to an aromatic ring is 1. The van der Waals surface area contributed by atoms with Crippen molar-refractivity contribution in [3.05, 3.63) is 58.2 Å². The Labute approximate surface area is 203 Å². The maximum atomic E-state index is 13.9. The third-order valence-corrected chi connectivity index (χ3v) is 6.92. The van der Waals surface area contributed by atoms with Gasteiger partial charge in [-0.15, -0.1) is 0 Å². The molecule has 3 aromatic rings. The fraction of sp³-hybridized carbons (Fsp3) is 0.417. The average Bonchev–Trinajstić information content (AvgIpc) is 3.28. The summed E-state index contributed by atoms with van der Waals surface area (Å²) >= 11 is 12.4. The monoisotopic (exact) mass is 491 g/mol. The molecule has 2 aromatic heterocycles. The van der Waals surface area contributed by atoms with Crippen LogP contribution in [0.15, 0.2) is 36.8 Å². The van der Waals surface area contributed by atoms with Crippen molar-refractivity contribution in [1.82, 2.24) is 19.7 Å². The first-order chi connectivity index (χ1) is 15.7. The van der Waals surface area contributed by atoms with Crippen LogP contribution in [-0.4, -0.2) is 38.8 Å². The van der Waals surface area contributed by atoms with Gasteiger partial charge in [0.05, 0.1) is 17.3 Å². The standard InChI is InChI=1S/C24H28Cl2FN5O/c1-14(2)31-8-6-18(7-9-31)32-13-17(12-30-32)16-10-21(24(28)29-11-16)33-15(3)22-19(25)4-5-20(27)23(22)26/h4-5,10-15,18H,6-9H2,1-3H3,(H2,28,29). The molecule has 1 aromatic carbocycles. The number of ether oxygens (including phenoxy) is 1. The number of benzene rings is 1. The van der Waals surface area contributed by atoms with Gasteiger partial charge in [0.25, 0.3) is 0 Å².